The zero-order valence-corrected chi connectivity index (χ0v) is 11.6. The zero-order valence-electron chi connectivity index (χ0n) is 11.6. The van der Waals surface area contributed by atoms with Crippen LogP contribution in [0.3, 0.4) is 0 Å². The third-order valence-corrected chi connectivity index (χ3v) is 4.05. The van der Waals surface area contributed by atoms with E-state index < -0.39 is 5.79 Å². The molecule has 2 aliphatic rings. The van der Waals surface area contributed by atoms with Crippen LogP contribution in [0.4, 0.5) is 4.39 Å². The number of rotatable bonds is 3. The summed E-state index contributed by atoms with van der Waals surface area (Å²) in [4.78, 5) is 2.31. The normalized spacial score (nSPS) is 22.5. The average molecular weight is 280 g/mol. The number of hydrogen-bond acceptors (Lipinski definition) is 4. The monoisotopic (exact) mass is 280 g/mol. The fraction of sp³-hybridized carbons (Fsp3) is 0.600. The molecule has 4 nitrogen and oxygen atoms in total. The largest absolute Gasteiger partial charge is 0.346 e. The standard InChI is InChI=1S/C15H21FN2O2/c16-14-3-2-12(8-13(14)9-17)10-18-5-1-4-15(11-18)19-6-7-20-15/h2-3,8H,1,4-7,9-11,17H2. The van der Waals surface area contributed by atoms with Crippen LogP contribution in [-0.2, 0) is 22.6 Å². The highest BCUT2D eigenvalue weighted by atomic mass is 19.1. The molecule has 0 atom stereocenters. The van der Waals surface area contributed by atoms with Crippen molar-refractivity contribution in [3.8, 4) is 0 Å². The van der Waals surface area contributed by atoms with Crippen molar-refractivity contribution in [2.24, 2.45) is 5.73 Å². The molecule has 1 aromatic carbocycles. The number of hydrogen-bond donors (Lipinski definition) is 1. The van der Waals surface area contributed by atoms with Crippen molar-refractivity contribution in [2.45, 2.75) is 31.7 Å². The Bertz CT molecular complexity index is 475. The van der Waals surface area contributed by atoms with Crippen LogP contribution in [0.5, 0.6) is 0 Å². The maximum atomic E-state index is 13.5. The van der Waals surface area contributed by atoms with Gasteiger partial charge in [-0.25, -0.2) is 4.39 Å². The predicted octanol–water partition coefficient (Wildman–Crippen LogP) is 1.62. The molecule has 5 heteroatoms. The summed E-state index contributed by atoms with van der Waals surface area (Å²) in [6.07, 6.45) is 2.02. The number of halogens is 1. The van der Waals surface area contributed by atoms with Gasteiger partial charge in [0.15, 0.2) is 5.79 Å². The zero-order chi connectivity index (χ0) is 14.0. The average Bonchev–Trinajstić information content (AvgIpc) is 2.89. The molecule has 110 valence electrons. The van der Waals surface area contributed by atoms with Gasteiger partial charge in [0.25, 0.3) is 0 Å². The maximum Gasteiger partial charge on any atom is 0.181 e. The number of nitrogens with two attached hydrogens (primary N) is 1. The third-order valence-electron chi connectivity index (χ3n) is 4.05. The molecular weight excluding hydrogens is 259 g/mol. The fourth-order valence-corrected chi connectivity index (χ4v) is 3.08. The van der Waals surface area contributed by atoms with E-state index in [1.807, 2.05) is 12.1 Å². The van der Waals surface area contributed by atoms with Crippen LogP contribution < -0.4 is 5.73 Å². The lowest BCUT2D eigenvalue weighted by atomic mass is 10.0. The Hall–Kier alpha value is -1.01. The molecule has 1 spiro atoms. The highest BCUT2D eigenvalue weighted by Crippen LogP contribution is 2.30. The van der Waals surface area contributed by atoms with Gasteiger partial charge in [0.1, 0.15) is 5.82 Å². The highest BCUT2D eigenvalue weighted by molar-refractivity contribution is 5.25. The summed E-state index contributed by atoms with van der Waals surface area (Å²) in [5, 5.41) is 0. The van der Waals surface area contributed by atoms with Gasteiger partial charge < -0.3 is 15.2 Å². The minimum absolute atomic E-state index is 0.228. The molecule has 0 unspecified atom stereocenters. The molecule has 2 N–H and O–H groups in total. The van der Waals surface area contributed by atoms with Crippen LogP contribution in [0.2, 0.25) is 0 Å². The highest BCUT2D eigenvalue weighted by Gasteiger charge is 2.40. The molecule has 0 amide bonds. The number of benzene rings is 1. The Morgan fingerprint density at radius 1 is 1.30 bits per heavy atom. The van der Waals surface area contributed by atoms with Gasteiger partial charge in [0.2, 0.25) is 0 Å². The van der Waals surface area contributed by atoms with E-state index in [4.69, 9.17) is 15.2 Å². The molecule has 20 heavy (non-hydrogen) atoms. The van der Waals surface area contributed by atoms with Crippen LogP contribution in [0.25, 0.3) is 0 Å². The summed E-state index contributed by atoms with van der Waals surface area (Å²) < 4.78 is 25.0. The Morgan fingerprint density at radius 3 is 2.85 bits per heavy atom. The molecule has 3 rings (SSSR count). The Kier molecular flexibility index (Phi) is 4.03. The van der Waals surface area contributed by atoms with Gasteiger partial charge in [-0.15, -0.1) is 0 Å². The van der Waals surface area contributed by atoms with Gasteiger partial charge in [-0.3, -0.25) is 4.90 Å². The SMILES string of the molecule is NCc1cc(CN2CCCC3(C2)OCCO3)ccc1F. The van der Waals surface area contributed by atoms with E-state index in [2.05, 4.69) is 4.90 Å². The van der Waals surface area contributed by atoms with Crippen LogP contribution in [-0.4, -0.2) is 37.0 Å². The molecule has 2 fully saturated rings. The predicted molar refractivity (Wildman–Crippen MR) is 73.4 cm³/mol. The van der Waals surface area contributed by atoms with E-state index in [-0.39, 0.29) is 12.4 Å². The maximum absolute atomic E-state index is 13.5. The lowest BCUT2D eigenvalue weighted by Crippen LogP contribution is -2.48. The van der Waals surface area contributed by atoms with E-state index in [0.717, 1.165) is 38.0 Å². The molecule has 2 aliphatic heterocycles. The number of piperidine rings is 1. The van der Waals surface area contributed by atoms with E-state index >= 15 is 0 Å². The smallest absolute Gasteiger partial charge is 0.181 e. The van der Waals surface area contributed by atoms with Gasteiger partial charge in [-0.05, 0) is 24.6 Å². The van der Waals surface area contributed by atoms with Crippen molar-refractivity contribution in [1.29, 1.82) is 0 Å². The summed E-state index contributed by atoms with van der Waals surface area (Å²) in [6, 6.07) is 5.18. The van der Waals surface area contributed by atoms with E-state index in [9.17, 15) is 4.39 Å². The minimum atomic E-state index is -0.408. The summed E-state index contributed by atoms with van der Waals surface area (Å²) in [7, 11) is 0. The van der Waals surface area contributed by atoms with Crippen molar-refractivity contribution in [3.05, 3.63) is 35.1 Å². The Morgan fingerprint density at radius 2 is 2.10 bits per heavy atom. The lowest BCUT2D eigenvalue weighted by molar-refractivity contribution is -0.190. The van der Waals surface area contributed by atoms with Crippen molar-refractivity contribution in [2.75, 3.05) is 26.3 Å². The number of ether oxygens (including phenoxy) is 2. The van der Waals surface area contributed by atoms with Crippen molar-refractivity contribution in [1.82, 2.24) is 4.90 Å². The van der Waals surface area contributed by atoms with Gasteiger partial charge in [0.05, 0.1) is 19.8 Å². The summed E-state index contributed by atoms with van der Waals surface area (Å²) in [5.74, 6) is -0.636. The summed E-state index contributed by atoms with van der Waals surface area (Å²) >= 11 is 0. The molecular formula is C15H21FN2O2. The first-order valence-corrected chi connectivity index (χ1v) is 7.18. The van der Waals surface area contributed by atoms with Crippen molar-refractivity contribution < 1.29 is 13.9 Å². The molecule has 1 aromatic rings. The van der Waals surface area contributed by atoms with E-state index in [0.29, 0.717) is 18.8 Å². The third kappa shape index (κ3) is 2.86. The first kappa shape index (κ1) is 13.9. The second kappa shape index (κ2) is 5.77. The molecule has 0 aromatic heterocycles. The van der Waals surface area contributed by atoms with Crippen molar-refractivity contribution >= 4 is 0 Å². The molecule has 0 aliphatic carbocycles. The molecule has 2 heterocycles. The Balaban J connectivity index is 1.68. The molecule has 0 radical (unpaired) electrons. The molecule has 0 bridgehead atoms. The summed E-state index contributed by atoms with van der Waals surface area (Å²) in [5.41, 5.74) is 7.21. The van der Waals surface area contributed by atoms with Crippen molar-refractivity contribution in [3.63, 3.8) is 0 Å². The van der Waals surface area contributed by atoms with Gasteiger partial charge in [-0.2, -0.15) is 0 Å². The van der Waals surface area contributed by atoms with E-state index in [1.54, 1.807) is 0 Å². The quantitative estimate of drug-likeness (QED) is 0.914. The summed E-state index contributed by atoms with van der Waals surface area (Å²) in [6.45, 7) is 4.17. The van der Waals surface area contributed by atoms with Gasteiger partial charge in [-0.1, -0.05) is 12.1 Å². The van der Waals surface area contributed by atoms with Gasteiger partial charge >= 0.3 is 0 Å². The minimum Gasteiger partial charge on any atom is -0.346 e. The topological polar surface area (TPSA) is 47.7 Å². The fourth-order valence-electron chi connectivity index (χ4n) is 3.08. The second-order valence-corrected chi connectivity index (χ2v) is 5.55. The first-order valence-electron chi connectivity index (χ1n) is 7.18. The Labute approximate surface area is 118 Å². The van der Waals surface area contributed by atoms with Crippen LogP contribution in [0, 0.1) is 5.82 Å². The van der Waals surface area contributed by atoms with Crippen LogP contribution in [0.1, 0.15) is 24.0 Å². The second-order valence-electron chi connectivity index (χ2n) is 5.55. The molecule has 0 saturated carbocycles. The van der Waals surface area contributed by atoms with E-state index in [1.165, 1.54) is 6.07 Å². The van der Waals surface area contributed by atoms with Gasteiger partial charge in [0, 0.05) is 25.1 Å². The van der Waals surface area contributed by atoms with Crippen LogP contribution in [0.15, 0.2) is 18.2 Å². The number of likely N-dealkylation sites (tertiary alicyclic amines) is 1. The molecule has 2 saturated heterocycles. The number of nitrogens with zero attached hydrogens (tertiary/aromatic N) is 1. The first-order chi connectivity index (χ1) is 9.71. The lowest BCUT2D eigenvalue weighted by Gasteiger charge is -2.38. The van der Waals surface area contributed by atoms with Crippen LogP contribution >= 0.6 is 0 Å².